The molecule has 2 nitrogen and oxygen atoms in total. The molecule has 0 aliphatic heterocycles. The van der Waals surface area contributed by atoms with Crippen LogP contribution in [-0.4, -0.2) is 36.2 Å². The molecule has 0 aromatic heterocycles. The lowest BCUT2D eigenvalue weighted by molar-refractivity contribution is 0.114. The summed E-state index contributed by atoms with van der Waals surface area (Å²) in [6, 6.07) is 3.54. The molecule has 1 aromatic carbocycles. The van der Waals surface area contributed by atoms with Crippen molar-refractivity contribution >= 4 is 0 Å². The van der Waals surface area contributed by atoms with Crippen LogP contribution in [-0.2, 0) is 6.42 Å². The Bertz CT molecular complexity index is 382. The van der Waals surface area contributed by atoms with Gasteiger partial charge in [-0.05, 0) is 43.1 Å². The molecule has 0 aliphatic carbocycles. The molecular weight excluding hydrogens is 236 g/mol. The van der Waals surface area contributed by atoms with Crippen molar-refractivity contribution in [3.05, 3.63) is 35.4 Å². The molecule has 4 heteroatoms. The van der Waals surface area contributed by atoms with Crippen molar-refractivity contribution in [3.63, 3.8) is 0 Å². The molecule has 1 atom stereocenters. The van der Waals surface area contributed by atoms with Crippen molar-refractivity contribution in [1.82, 2.24) is 4.90 Å². The third kappa shape index (κ3) is 4.03. The maximum Gasteiger partial charge on any atom is 0.126 e. The van der Waals surface area contributed by atoms with Crippen LogP contribution < -0.4 is 0 Å². The Morgan fingerprint density at radius 3 is 2.50 bits per heavy atom. The molecule has 0 saturated heterocycles. The minimum atomic E-state index is -0.420. The lowest BCUT2D eigenvalue weighted by Crippen LogP contribution is -2.40. The highest BCUT2D eigenvalue weighted by Gasteiger charge is 2.17. The van der Waals surface area contributed by atoms with Gasteiger partial charge < -0.3 is 10.0 Å². The molecule has 0 spiro atoms. The minimum absolute atomic E-state index is 0.0432. The lowest BCUT2D eigenvalue weighted by Gasteiger charge is -2.29. The predicted molar refractivity (Wildman–Crippen MR) is 68.4 cm³/mol. The van der Waals surface area contributed by atoms with Crippen LogP contribution in [0.2, 0.25) is 0 Å². The fourth-order valence-electron chi connectivity index (χ4n) is 2.06. The van der Waals surface area contributed by atoms with Crippen molar-refractivity contribution in [3.8, 4) is 0 Å². The van der Waals surface area contributed by atoms with E-state index in [0.717, 1.165) is 12.1 Å². The van der Waals surface area contributed by atoms with Crippen LogP contribution in [0.5, 0.6) is 0 Å². The predicted octanol–water partition coefficient (Wildman–Crippen LogP) is 2.46. The van der Waals surface area contributed by atoms with E-state index in [1.807, 2.05) is 25.8 Å². The third-order valence-electron chi connectivity index (χ3n) is 3.26. The van der Waals surface area contributed by atoms with Gasteiger partial charge in [-0.2, -0.15) is 0 Å². The molecule has 102 valence electrons. The number of nitrogens with zero attached hydrogens (tertiary/aromatic N) is 1. The number of halogens is 2. The summed E-state index contributed by atoms with van der Waals surface area (Å²) < 4.78 is 26.4. The Kier molecular flexibility index (Phi) is 5.69. The van der Waals surface area contributed by atoms with Crippen molar-refractivity contribution in [1.29, 1.82) is 0 Å². The second kappa shape index (κ2) is 6.81. The first-order chi connectivity index (χ1) is 8.45. The number of aliphatic hydroxyl groups is 1. The molecule has 0 fully saturated rings. The van der Waals surface area contributed by atoms with Gasteiger partial charge in [0.2, 0.25) is 0 Å². The van der Waals surface area contributed by atoms with Crippen LogP contribution in [0.1, 0.15) is 19.4 Å². The van der Waals surface area contributed by atoms with Gasteiger partial charge in [-0.3, -0.25) is 0 Å². The fraction of sp³-hybridized carbons (Fsp3) is 0.571. The van der Waals surface area contributed by atoms with Gasteiger partial charge in [-0.25, -0.2) is 8.78 Å². The van der Waals surface area contributed by atoms with Crippen LogP contribution in [0, 0.1) is 17.6 Å². The molecule has 0 amide bonds. The van der Waals surface area contributed by atoms with Crippen LogP contribution in [0.3, 0.4) is 0 Å². The molecule has 18 heavy (non-hydrogen) atoms. The first kappa shape index (κ1) is 15.1. The molecule has 1 aromatic rings. The summed E-state index contributed by atoms with van der Waals surface area (Å²) >= 11 is 0. The van der Waals surface area contributed by atoms with E-state index in [9.17, 15) is 13.9 Å². The number of hydrogen-bond acceptors (Lipinski definition) is 2. The average Bonchev–Trinajstić information content (AvgIpc) is 2.30. The van der Waals surface area contributed by atoms with Gasteiger partial charge in [0.15, 0.2) is 0 Å². The molecule has 0 radical (unpaired) electrons. The van der Waals surface area contributed by atoms with Crippen LogP contribution in [0.4, 0.5) is 8.78 Å². The monoisotopic (exact) mass is 257 g/mol. The van der Waals surface area contributed by atoms with Gasteiger partial charge in [-0.15, -0.1) is 0 Å². The van der Waals surface area contributed by atoms with Crippen molar-refractivity contribution in [2.24, 2.45) is 5.92 Å². The Labute approximate surface area is 107 Å². The Balaban J connectivity index is 2.61. The number of benzene rings is 1. The Hall–Kier alpha value is -1.00. The summed E-state index contributed by atoms with van der Waals surface area (Å²) in [5, 5.41) is 9.29. The summed E-state index contributed by atoms with van der Waals surface area (Å²) in [7, 11) is 1.89. The second-order valence-electron chi connectivity index (χ2n) is 4.96. The van der Waals surface area contributed by atoms with E-state index in [-0.39, 0.29) is 18.5 Å². The van der Waals surface area contributed by atoms with Gasteiger partial charge in [0.05, 0.1) is 6.61 Å². The highest BCUT2D eigenvalue weighted by atomic mass is 19.1. The minimum Gasteiger partial charge on any atom is -0.395 e. The summed E-state index contributed by atoms with van der Waals surface area (Å²) in [6.07, 6.45) is 0.434. The van der Waals surface area contributed by atoms with E-state index >= 15 is 0 Å². The number of aliphatic hydroxyl groups excluding tert-OH is 1. The fourth-order valence-corrected chi connectivity index (χ4v) is 2.06. The lowest BCUT2D eigenvalue weighted by atomic mass is 10.0. The molecule has 1 unspecified atom stereocenters. The van der Waals surface area contributed by atoms with Gasteiger partial charge in [-0.1, -0.05) is 13.8 Å². The van der Waals surface area contributed by atoms with Gasteiger partial charge in [0.1, 0.15) is 11.6 Å². The van der Waals surface area contributed by atoms with Gasteiger partial charge in [0, 0.05) is 12.6 Å². The second-order valence-corrected chi connectivity index (χ2v) is 4.96. The third-order valence-corrected chi connectivity index (χ3v) is 3.26. The quantitative estimate of drug-likeness (QED) is 0.846. The summed E-state index contributed by atoms with van der Waals surface area (Å²) in [5.74, 6) is -0.483. The van der Waals surface area contributed by atoms with Crippen LogP contribution >= 0.6 is 0 Å². The highest BCUT2D eigenvalue weighted by Crippen LogP contribution is 2.13. The number of rotatable bonds is 6. The summed E-state index contributed by atoms with van der Waals surface area (Å²) in [6.45, 7) is 4.71. The van der Waals surface area contributed by atoms with Crippen LogP contribution in [0.15, 0.2) is 18.2 Å². The zero-order chi connectivity index (χ0) is 13.7. The molecular formula is C14H21F2NO. The Morgan fingerprint density at radius 2 is 1.94 bits per heavy atom. The smallest absolute Gasteiger partial charge is 0.126 e. The van der Waals surface area contributed by atoms with Crippen LogP contribution in [0.25, 0.3) is 0 Å². The summed E-state index contributed by atoms with van der Waals surface area (Å²) in [4.78, 5) is 1.98. The average molecular weight is 257 g/mol. The number of hydrogen-bond donors (Lipinski definition) is 1. The number of likely N-dealkylation sites (N-methyl/N-ethyl adjacent to an activating group) is 1. The standard InChI is InChI=1S/C14H21F2NO/c1-10(2)14(9-18)17(3)7-6-11-8-12(15)4-5-13(11)16/h4-5,8,10,14,18H,6-7,9H2,1-3H3. The maximum atomic E-state index is 13.4. The molecule has 0 saturated carbocycles. The van der Waals surface area contributed by atoms with E-state index in [1.54, 1.807) is 0 Å². The van der Waals surface area contributed by atoms with E-state index < -0.39 is 5.82 Å². The van der Waals surface area contributed by atoms with E-state index in [0.29, 0.717) is 24.4 Å². The highest BCUT2D eigenvalue weighted by molar-refractivity contribution is 5.19. The zero-order valence-corrected chi connectivity index (χ0v) is 11.2. The summed E-state index contributed by atoms with van der Waals surface area (Å²) in [5.41, 5.74) is 0.377. The molecule has 0 heterocycles. The van der Waals surface area contributed by atoms with Crippen molar-refractivity contribution in [2.75, 3.05) is 20.2 Å². The maximum absolute atomic E-state index is 13.4. The largest absolute Gasteiger partial charge is 0.395 e. The molecule has 1 N–H and O–H groups in total. The molecule has 0 aliphatic rings. The van der Waals surface area contributed by atoms with Gasteiger partial charge in [0.25, 0.3) is 0 Å². The zero-order valence-electron chi connectivity index (χ0n) is 11.2. The normalized spacial score (nSPS) is 13.3. The van der Waals surface area contributed by atoms with Crippen molar-refractivity contribution < 1.29 is 13.9 Å². The topological polar surface area (TPSA) is 23.5 Å². The SMILES string of the molecule is CC(C)C(CO)N(C)CCc1cc(F)ccc1F. The first-order valence-corrected chi connectivity index (χ1v) is 6.20. The van der Waals surface area contributed by atoms with E-state index in [2.05, 4.69) is 0 Å². The van der Waals surface area contributed by atoms with Crippen molar-refractivity contribution in [2.45, 2.75) is 26.3 Å². The van der Waals surface area contributed by atoms with Gasteiger partial charge >= 0.3 is 0 Å². The first-order valence-electron chi connectivity index (χ1n) is 6.20. The Morgan fingerprint density at radius 1 is 1.28 bits per heavy atom. The molecule has 1 rings (SSSR count). The molecule has 0 bridgehead atoms. The van der Waals surface area contributed by atoms with E-state index in [4.69, 9.17) is 0 Å². The van der Waals surface area contributed by atoms with E-state index in [1.165, 1.54) is 6.07 Å².